The molecule has 1 aromatic carbocycles. The summed E-state index contributed by atoms with van der Waals surface area (Å²) in [5.74, 6) is 0. The van der Waals surface area contributed by atoms with Crippen LogP contribution in [0.15, 0.2) is 24.3 Å². The van der Waals surface area contributed by atoms with Crippen molar-refractivity contribution in [2.75, 3.05) is 6.54 Å². The van der Waals surface area contributed by atoms with E-state index in [0.717, 1.165) is 17.8 Å². The third-order valence-corrected chi connectivity index (χ3v) is 3.05. The van der Waals surface area contributed by atoms with Crippen molar-refractivity contribution in [1.82, 2.24) is 10.2 Å². The number of hydrogen-bond acceptors (Lipinski definition) is 3. The first kappa shape index (κ1) is 12.7. The maximum atomic E-state index is 5.51. The number of benzene rings is 1. The Hall–Kier alpha value is -1.74. The molecule has 0 bridgehead atoms. The Bertz CT molecular complexity index is 521. The van der Waals surface area contributed by atoms with Crippen LogP contribution < -0.4 is 5.73 Å². The molecule has 0 aliphatic heterocycles. The van der Waals surface area contributed by atoms with Crippen LogP contribution in [0.5, 0.6) is 0 Å². The van der Waals surface area contributed by atoms with Crippen LogP contribution in [0.3, 0.4) is 0 Å². The smallest absolute Gasteiger partial charge is 0.0935 e. The molecule has 0 atom stereocenters. The monoisotopic (exact) mass is 241 g/mol. The lowest BCUT2D eigenvalue weighted by Crippen LogP contribution is -2.05. The Morgan fingerprint density at radius 3 is 2.17 bits per heavy atom. The van der Waals surface area contributed by atoms with Crippen LogP contribution in [0.4, 0.5) is 0 Å². The van der Waals surface area contributed by atoms with Gasteiger partial charge in [-0.25, -0.2) is 0 Å². The Morgan fingerprint density at radius 2 is 1.67 bits per heavy atom. The van der Waals surface area contributed by atoms with Gasteiger partial charge >= 0.3 is 0 Å². The SMILES string of the molecule is Cc1cc(C)c(-c2ccc(CCN)nn2)c(C)c1. The normalized spacial score (nSPS) is 10.7. The minimum Gasteiger partial charge on any atom is -0.330 e. The lowest BCUT2D eigenvalue weighted by atomic mass is 9.97. The molecule has 0 amide bonds. The molecule has 0 fully saturated rings. The maximum Gasteiger partial charge on any atom is 0.0935 e. The van der Waals surface area contributed by atoms with E-state index < -0.39 is 0 Å². The molecule has 0 unspecified atom stereocenters. The quantitative estimate of drug-likeness (QED) is 0.898. The van der Waals surface area contributed by atoms with Crippen LogP contribution >= 0.6 is 0 Å². The summed E-state index contributed by atoms with van der Waals surface area (Å²) in [4.78, 5) is 0. The van der Waals surface area contributed by atoms with Gasteiger partial charge in [-0.15, -0.1) is 0 Å². The Labute approximate surface area is 108 Å². The molecular formula is C15H19N3. The van der Waals surface area contributed by atoms with E-state index in [0.29, 0.717) is 6.54 Å². The van der Waals surface area contributed by atoms with Gasteiger partial charge in [-0.3, -0.25) is 0 Å². The minimum atomic E-state index is 0.608. The highest BCUT2D eigenvalue weighted by atomic mass is 15.1. The van der Waals surface area contributed by atoms with Crippen LogP contribution in [0.2, 0.25) is 0 Å². The third-order valence-electron chi connectivity index (χ3n) is 3.05. The Balaban J connectivity index is 2.42. The maximum absolute atomic E-state index is 5.51. The van der Waals surface area contributed by atoms with Gasteiger partial charge in [0.15, 0.2) is 0 Å². The van der Waals surface area contributed by atoms with Crippen molar-refractivity contribution < 1.29 is 0 Å². The molecule has 18 heavy (non-hydrogen) atoms. The average molecular weight is 241 g/mol. The van der Waals surface area contributed by atoms with Gasteiger partial charge in [0.1, 0.15) is 0 Å². The predicted molar refractivity (Wildman–Crippen MR) is 74.4 cm³/mol. The van der Waals surface area contributed by atoms with Crippen molar-refractivity contribution >= 4 is 0 Å². The highest BCUT2D eigenvalue weighted by Crippen LogP contribution is 2.26. The van der Waals surface area contributed by atoms with E-state index in [1.165, 1.54) is 22.3 Å². The molecule has 94 valence electrons. The molecule has 1 aromatic heterocycles. The average Bonchev–Trinajstić information content (AvgIpc) is 2.30. The van der Waals surface area contributed by atoms with E-state index in [9.17, 15) is 0 Å². The molecule has 0 saturated carbocycles. The van der Waals surface area contributed by atoms with Gasteiger partial charge < -0.3 is 5.73 Å². The van der Waals surface area contributed by atoms with Crippen molar-refractivity contribution in [3.8, 4) is 11.3 Å². The van der Waals surface area contributed by atoms with Gasteiger partial charge in [0.25, 0.3) is 0 Å². The number of nitrogens with two attached hydrogens (primary N) is 1. The van der Waals surface area contributed by atoms with E-state index in [1.54, 1.807) is 0 Å². The first-order valence-electron chi connectivity index (χ1n) is 6.22. The van der Waals surface area contributed by atoms with Crippen molar-refractivity contribution in [3.63, 3.8) is 0 Å². The molecule has 0 radical (unpaired) electrons. The van der Waals surface area contributed by atoms with E-state index in [-0.39, 0.29) is 0 Å². The molecule has 0 spiro atoms. The zero-order chi connectivity index (χ0) is 13.1. The second-order valence-corrected chi connectivity index (χ2v) is 4.72. The van der Waals surface area contributed by atoms with E-state index in [2.05, 4.69) is 43.1 Å². The summed E-state index contributed by atoms with van der Waals surface area (Å²) in [6, 6.07) is 8.40. The lowest BCUT2D eigenvalue weighted by Gasteiger charge is -2.10. The third kappa shape index (κ3) is 2.57. The van der Waals surface area contributed by atoms with Gasteiger partial charge in [-0.1, -0.05) is 17.7 Å². The van der Waals surface area contributed by atoms with Gasteiger partial charge in [0, 0.05) is 12.0 Å². The minimum absolute atomic E-state index is 0.608. The van der Waals surface area contributed by atoms with Crippen LogP contribution in [0.1, 0.15) is 22.4 Å². The van der Waals surface area contributed by atoms with Crippen molar-refractivity contribution in [1.29, 1.82) is 0 Å². The molecule has 2 N–H and O–H groups in total. The summed E-state index contributed by atoms with van der Waals surface area (Å²) in [5.41, 5.74) is 12.3. The molecule has 3 nitrogen and oxygen atoms in total. The van der Waals surface area contributed by atoms with E-state index in [1.807, 2.05) is 12.1 Å². The first-order valence-corrected chi connectivity index (χ1v) is 6.22. The summed E-state index contributed by atoms with van der Waals surface area (Å²) in [6.45, 7) is 6.95. The predicted octanol–water partition coefficient (Wildman–Crippen LogP) is 2.57. The van der Waals surface area contributed by atoms with Gasteiger partial charge in [0.05, 0.1) is 11.4 Å². The summed E-state index contributed by atoms with van der Waals surface area (Å²) >= 11 is 0. The number of aryl methyl sites for hydroxylation is 3. The number of nitrogens with zero attached hydrogens (tertiary/aromatic N) is 2. The highest BCUT2D eigenvalue weighted by Gasteiger charge is 2.08. The lowest BCUT2D eigenvalue weighted by molar-refractivity contribution is 0.869. The zero-order valence-electron chi connectivity index (χ0n) is 11.2. The Kier molecular flexibility index (Phi) is 3.72. The fourth-order valence-corrected chi connectivity index (χ4v) is 2.36. The second kappa shape index (κ2) is 5.27. The van der Waals surface area contributed by atoms with Crippen LogP contribution in [-0.2, 0) is 6.42 Å². The second-order valence-electron chi connectivity index (χ2n) is 4.72. The molecule has 0 aliphatic rings. The summed E-state index contributed by atoms with van der Waals surface area (Å²) in [5, 5.41) is 8.53. The van der Waals surface area contributed by atoms with Crippen LogP contribution in [-0.4, -0.2) is 16.7 Å². The molecule has 0 aliphatic carbocycles. The van der Waals surface area contributed by atoms with Gasteiger partial charge in [-0.05, 0) is 50.6 Å². The van der Waals surface area contributed by atoms with Gasteiger partial charge in [-0.2, -0.15) is 10.2 Å². The highest BCUT2D eigenvalue weighted by molar-refractivity contribution is 5.67. The molecule has 0 saturated heterocycles. The van der Waals surface area contributed by atoms with Crippen molar-refractivity contribution in [2.24, 2.45) is 5.73 Å². The van der Waals surface area contributed by atoms with Gasteiger partial charge in [0.2, 0.25) is 0 Å². The zero-order valence-corrected chi connectivity index (χ0v) is 11.2. The topological polar surface area (TPSA) is 51.8 Å². The molecule has 2 aromatic rings. The first-order chi connectivity index (χ1) is 8.61. The van der Waals surface area contributed by atoms with E-state index in [4.69, 9.17) is 5.73 Å². The van der Waals surface area contributed by atoms with Crippen LogP contribution in [0.25, 0.3) is 11.3 Å². The number of aromatic nitrogens is 2. The van der Waals surface area contributed by atoms with Crippen molar-refractivity contribution in [3.05, 3.63) is 46.6 Å². The summed E-state index contributed by atoms with van der Waals surface area (Å²) < 4.78 is 0. The number of rotatable bonds is 3. The molecule has 2 rings (SSSR count). The van der Waals surface area contributed by atoms with E-state index >= 15 is 0 Å². The molecule has 3 heteroatoms. The van der Waals surface area contributed by atoms with Crippen LogP contribution in [0, 0.1) is 20.8 Å². The summed E-state index contributed by atoms with van der Waals surface area (Å²) in [6.07, 6.45) is 0.777. The summed E-state index contributed by atoms with van der Waals surface area (Å²) in [7, 11) is 0. The number of hydrogen-bond donors (Lipinski definition) is 1. The molecule has 1 heterocycles. The standard InChI is InChI=1S/C15H19N3/c1-10-8-11(2)15(12(3)9-10)14-5-4-13(6-7-16)17-18-14/h4-5,8-9H,6-7,16H2,1-3H3. The largest absolute Gasteiger partial charge is 0.330 e. The fraction of sp³-hybridized carbons (Fsp3) is 0.333. The van der Waals surface area contributed by atoms with Crippen molar-refractivity contribution in [2.45, 2.75) is 27.2 Å². The Morgan fingerprint density at radius 1 is 1.00 bits per heavy atom. The molecular weight excluding hydrogens is 222 g/mol. The fourth-order valence-electron chi connectivity index (χ4n) is 2.36.